The highest BCUT2D eigenvalue weighted by molar-refractivity contribution is 6.48. The minimum atomic E-state index is -0.920. The first-order chi connectivity index (χ1) is 7.62. The van der Waals surface area contributed by atoms with Gasteiger partial charge in [-0.2, -0.15) is 0 Å². The van der Waals surface area contributed by atoms with Gasteiger partial charge < -0.3 is 9.76 Å². The summed E-state index contributed by atoms with van der Waals surface area (Å²) < 4.78 is 5.66. The first-order valence-electron chi connectivity index (χ1n) is 5.62. The van der Waals surface area contributed by atoms with Crippen molar-refractivity contribution in [2.75, 3.05) is 0 Å². The smallest absolute Gasteiger partial charge is 0.330 e. The molecule has 0 spiro atoms. The molecule has 1 radical (unpaired) electrons. The molecule has 0 aliphatic carbocycles. The molecule has 0 amide bonds. The molecule has 0 saturated heterocycles. The quantitative estimate of drug-likeness (QED) is 0.835. The van der Waals surface area contributed by atoms with Gasteiger partial charge in [0.25, 0.3) is 0 Å². The van der Waals surface area contributed by atoms with Gasteiger partial charge in [-0.15, -0.1) is 0 Å². The lowest BCUT2D eigenvalue weighted by Crippen LogP contribution is -2.49. The number of aliphatic hydroxyl groups is 1. The Bertz CT molecular complexity index is 377. The van der Waals surface area contributed by atoms with Crippen LogP contribution in [0.15, 0.2) is 18.2 Å². The van der Waals surface area contributed by atoms with Gasteiger partial charge in [0.2, 0.25) is 0 Å². The molecule has 93 valence electrons. The van der Waals surface area contributed by atoms with Gasteiger partial charge in [0, 0.05) is 5.02 Å². The van der Waals surface area contributed by atoms with E-state index in [0.29, 0.717) is 5.02 Å². The molecule has 0 aliphatic heterocycles. The van der Waals surface area contributed by atoms with Crippen molar-refractivity contribution < 1.29 is 9.76 Å². The Morgan fingerprint density at radius 1 is 1.18 bits per heavy atom. The topological polar surface area (TPSA) is 29.5 Å². The average Bonchev–Trinajstić information content (AvgIpc) is 2.11. The fourth-order valence-electron chi connectivity index (χ4n) is 1.19. The third-order valence-electron chi connectivity index (χ3n) is 3.03. The zero-order valence-electron chi connectivity index (χ0n) is 11.0. The maximum absolute atomic E-state index is 9.96. The minimum absolute atomic E-state index is 0.663. The Labute approximate surface area is 109 Å². The summed E-state index contributed by atoms with van der Waals surface area (Å²) in [6, 6.07) is 5.70. The highest BCUT2D eigenvalue weighted by Crippen LogP contribution is 2.24. The minimum Gasteiger partial charge on any atom is -0.427 e. The van der Waals surface area contributed by atoms with Gasteiger partial charge in [-0.1, -0.05) is 28.7 Å². The Morgan fingerprint density at radius 2 is 1.76 bits per heavy atom. The van der Waals surface area contributed by atoms with Gasteiger partial charge in [0.05, 0.1) is 11.2 Å². The molecule has 0 unspecified atom stereocenters. The highest BCUT2D eigenvalue weighted by Gasteiger charge is 2.35. The Balaban J connectivity index is 2.74. The number of halogens is 1. The van der Waals surface area contributed by atoms with Crippen molar-refractivity contribution in [1.29, 1.82) is 0 Å². The molecule has 1 N–H and O–H groups in total. The van der Waals surface area contributed by atoms with Crippen molar-refractivity contribution in [3.8, 4) is 0 Å². The zero-order valence-corrected chi connectivity index (χ0v) is 11.8. The molecule has 0 aromatic heterocycles. The summed E-state index contributed by atoms with van der Waals surface area (Å²) >= 11 is 5.97. The number of hydrogen-bond acceptors (Lipinski definition) is 2. The summed E-state index contributed by atoms with van der Waals surface area (Å²) in [5.74, 6) is 0. The van der Waals surface area contributed by atoms with Crippen LogP contribution in [0, 0.1) is 6.92 Å². The molecule has 2 nitrogen and oxygen atoms in total. The molecule has 4 heteroatoms. The fraction of sp³-hybridized carbons (Fsp3) is 0.538. The van der Waals surface area contributed by atoms with E-state index in [1.807, 2.05) is 39.0 Å². The normalized spacial score (nSPS) is 12.6. The van der Waals surface area contributed by atoms with Crippen molar-refractivity contribution in [2.24, 2.45) is 0 Å². The van der Waals surface area contributed by atoms with E-state index in [9.17, 15) is 5.11 Å². The van der Waals surface area contributed by atoms with E-state index >= 15 is 0 Å². The van der Waals surface area contributed by atoms with Crippen LogP contribution < -0.4 is 5.46 Å². The fourth-order valence-corrected chi connectivity index (χ4v) is 1.49. The molecule has 17 heavy (non-hydrogen) atoms. The summed E-state index contributed by atoms with van der Waals surface area (Å²) in [5, 5.41) is 10.6. The maximum atomic E-state index is 9.96. The van der Waals surface area contributed by atoms with Crippen LogP contribution in [0.3, 0.4) is 0 Å². The second kappa shape index (κ2) is 5.01. The van der Waals surface area contributed by atoms with Crippen molar-refractivity contribution in [3.63, 3.8) is 0 Å². The van der Waals surface area contributed by atoms with Crippen molar-refractivity contribution in [3.05, 3.63) is 28.8 Å². The highest BCUT2D eigenvalue weighted by atomic mass is 35.5. The lowest BCUT2D eigenvalue weighted by molar-refractivity contribution is -0.0893. The second-order valence-electron chi connectivity index (χ2n) is 5.37. The van der Waals surface area contributed by atoms with Crippen LogP contribution in [0.25, 0.3) is 0 Å². The molecule has 0 saturated carbocycles. The van der Waals surface area contributed by atoms with Crippen LogP contribution >= 0.6 is 11.6 Å². The average molecular weight is 254 g/mol. The summed E-state index contributed by atoms with van der Waals surface area (Å²) in [7, 11) is 1.64. The molecular weight excluding hydrogens is 234 g/mol. The first-order valence-corrected chi connectivity index (χ1v) is 6.00. The van der Waals surface area contributed by atoms with Gasteiger partial charge in [-0.05, 0) is 46.8 Å². The first kappa shape index (κ1) is 14.6. The molecule has 0 heterocycles. The molecule has 0 fully saturated rings. The van der Waals surface area contributed by atoms with Crippen LogP contribution in [0.5, 0.6) is 0 Å². The third kappa shape index (κ3) is 4.02. The van der Waals surface area contributed by atoms with Gasteiger partial charge in [0.1, 0.15) is 0 Å². The Morgan fingerprint density at radius 3 is 2.24 bits per heavy atom. The van der Waals surface area contributed by atoms with Gasteiger partial charge >= 0.3 is 7.48 Å². The summed E-state index contributed by atoms with van der Waals surface area (Å²) in [6.07, 6.45) is 0. The van der Waals surface area contributed by atoms with E-state index in [2.05, 4.69) is 0 Å². The van der Waals surface area contributed by atoms with Gasteiger partial charge in [0.15, 0.2) is 0 Å². The van der Waals surface area contributed by atoms with Crippen LogP contribution in [0.2, 0.25) is 5.02 Å². The number of benzene rings is 1. The van der Waals surface area contributed by atoms with Crippen LogP contribution in [-0.2, 0) is 4.65 Å². The second-order valence-corrected chi connectivity index (χ2v) is 5.80. The van der Waals surface area contributed by atoms with Gasteiger partial charge in [-0.25, -0.2) is 0 Å². The van der Waals surface area contributed by atoms with E-state index in [0.717, 1.165) is 11.0 Å². The third-order valence-corrected chi connectivity index (χ3v) is 3.25. The SMILES string of the molecule is Cc1cc(Cl)cc([B]OC(C)(C)C(C)(C)O)c1. The Kier molecular flexibility index (Phi) is 4.29. The summed E-state index contributed by atoms with van der Waals surface area (Å²) in [6.45, 7) is 9.13. The molecule has 0 aliphatic rings. The lowest BCUT2D eigenvalue weighted by Gasteiger charge is -2.37. The monoisotopic (exact) mass is 253 g/mol. The number of aryl methyl sites for hydroxylation is 1. The molecule has 0 bridgehead atoms. The van der Waals surface area contributed by atoms with Crippen molar-refractivity contribution in [1.82, 2.24) is 0 Å². The van der Waals surface area contributed by atoms with Gasteiger partial charge in [-0.3, -0.25) is 0 Å². The predicted molar refractivity (Wildman–Crippen MR) is 73.0 cm³/mol. The van der Waals surface area contributed by atoms with E-state index < -0.39 is 11.2 Å². The molecule has 1 rings (SSSR count). The number of hydrogen-bond donors (Lipinski definition) is 1. The van der Waals surface area contributed by atoms with E-state index in [4.69, 9.17) is 16.3 Å². The van der Waals surface area contributed by atoms with Crippen molar-refractivity contribution in [2.45, 2.75) is 45.8 Å². The van der Waals surface area contributed by atoms with Crippen LogP contribution in [-0.4, -0.2) is 23.8 Å². The summed E-state index contributed by atoms with van der Waals surface area (Å²) in [5.41, 5.74) is 0.390. The Hall–Kier alpha value is -0.505. The van der Waals surface area contributed by atoms with Crippen LogP contribution in [0.4, 0.5) is 0 Å². The maximum Gasteiger partial charge on any atom is 0.330 e. The predicted octanol–water partition coefficient (Wildman–Crippen LogP) is 2.46. The zero-order chi connectivity index (χ0) is 13.3. The van der Waals surface area contributed by atoms with Crippen molar-refractivity contribution >= 4 is 24.5 Å². The molecular formula is C13H19BClO2. The largest absolute Gasteiger partial charge is 0.427 e. The number of rotatable bonds is 4. The molecule has 1 aromatic carbocycles. The molecule has 1 aromatic rings. The van der Waals surface area contributed by atoms with E-state index in [1.165, 1.54) is 0 Å². The lowest BCUT2D eigenvalue weighted by atomic mass is 9.82. The molecule has 0 atom stereocenters. The van der Waals surface area contributed by atoms with E-state index in [1.54, 1.807) is 21.3 Å². The van der Waals surface area contributed by atoms with Crippen LogP contribution in [0.1, 0.15) is 33.3 Å². The summed E-state index contributed by atoms with van der Waals surface area (Å²) in [4.78, 5) is 0. The van der Waals surface area contributed by atoms with E-state index in [-0.39, 0.29) is 0 Å². The standard InChI is InChI=1S/C13H19BClO2/c1-9-6-10(8-11(15)7-9)14-17-13(4,5)12(2,3)16/h6-8,16H,1-5H3.